The van der Waals surface area contributed by atoms with Crippen molar-refractivity contribution in [2.24, 2.45) is 4.99 Å². The van der Waals surface area contributed by atoms with E-state index in [2.05, 4.69) is 14.2 Å². The van der Waals surface area contributed by atoms with E-state index >= 15 is 0 Å². The molecule has 0 heterocycles. The fourth-order valence-electron chi connectivity index (χ4n) is 0.399. The third-order valence-corrected chi connectivity index (χ3v) is 1.04. The smallest absolute Gasteiger partial charge is 0.0277 e. The van der Waals surface area contributed by atoms with Gasteiger partial charge in [-0.25, -0.2) is 0 Å². The van der Waals surface area contributed by atoms with Gasteiger partial charge in [-0.3, -0.25) is 4.99 Å². The monoisotopic (exact) mass is 141 g/mol. The zero-order chi connectivity index (χ0) is 7.11. The first-order chi connectivity index (χ1) is 4.31. The summed E-state index contributed by atoms with van der Waals surface area (Å²) in [7, 11) is 4.28. The van der Waals surface area contributed by atoms with Crippen LogP contribution in [0.15, 0.2) is 28.5 Å². The molecule has 2 heteroatoms. The Bertz CT molecular complexity index is 145. The Kier molecular flexibility index (Phi) is 5.45. The molecule has 0 aromatic heterocycles. The second kappa shape index (κ2) is 5.71. The van der Waals surface area contributed by atoms with Gasteiger partial charge in [0, 0.05) is 13.3 Å². The lowest BCUT2D eigenvalue weighted by molar-refractivity contribution is 1.46. The molecule has 0 aromatic rings. The second-order valence-electron chi connectivity index (χ2n) is 1.68. The summed E-state index contributed by atoms with van der Waals surface area (Å²) < 4.78 is 0. The van der Waals surface area contributed by atoms with E-state index in [9.17, 15) is 0 Å². The van der Waals surface area contributed by atoms with E-state index in [-0.39, 0.29) is 0 Å². The Morgan fingerprint density at radius 1 is 1.56 bits per heavy atom. The molecule has 1 unspecified atom stereocenters. The summed E-state index contributed by atoms with van der Waals surface area (Å²) in [5, 5.41) is 0. The maximum Gasteiger partial charge on any atom is 0.0277 e. The van der Waals surface area contributed by atoms with Crippen molar-refractivity contribution in [3.05, 3.63) is 23.5 Å². The van der Waals surface area contributed by atoms with Crippen molar-refractivity contribution in [1.29, 1.82) is 0 Å². The first kappa shape index (κ1) is 8.58. The Labute approximate surface area is 58.8 Å². The summed E-state index contributed by atoms with van der Waals surface area (Å²) in [6.45, 7) is 2.03. The summed E-state index contributed by atoms with van der Waals surface area (Å²) >= 11 is 0. The number of allylic oxidation sites excluding steroid dienone is 3. The average Bonchev–Trinajstić information content (AvgIpc) is 1.85. The van der Waals surface area contributed by atoms with Crippen molar-refractivity contribution in [3.8, 4) is 0 Å². The van der Waals surface area contributed by atoms with E-state index in [0.717, 1.165) is 0 Å². The van der Waals surface area contributed by atoms with Gasteiger partial charge < -0.3 is 0 Å². The third-order valence-electron chi connectivity index (χ3n) is 0.846. The van der Waals surface area contributed by atoms with Crippen LogP contribution in [0.1, 0.15) is 6.92 Å². The van der Waals surface area contributed by atoms with Gasteiger partial charge in [-0.1, -0.05) is 11.9 Å². The quantitative estimate of drug-likeness (QED) is 0.317. The highest BCUT2D eigenvalue weighted by atomic mass is 31.0. The van der Waals surface area contributed by atoms with Crippen molar-refractivity contribution in [1.82, 2.24) is 0 Å². The maximum absolute atomic E-state index is 3.82. The first-order valence-electron chi connectivity index (χ1n) is 2.78. The lowest BCUT2D eigenvalue weighted by atomic mass is 10.3. The minimum absolute atomic E-state index is 1.20. The number of hydrogen-bond acceptors (Lipinski definition) is 1. The van der Waals surface area contributed by atoms with Crippen LogP contribution in [0.3, 0.4) is 0 Å². The molecule has 0 amide bonds. The molecule has 0 spiro atoms. The zero-order valence-corrected chi connectivity index (χ0v) is 6.99. The minimum Gasteiger partial charge on any atom is -0.297 e. The van der Waals surface area contributed by atoms with E-state index < -0.39 is 0 Å². The average molecular weight is 141 g/mol. The number of aliphatic imine (C=N–C) groups is 1. The molecule has 0 aromatic carbocycles. The van der Waals surface area contributed by atoms with Gasteiger partial charge in [0.25, 0.3) is 0 Å². The van der Waals surface area contributed by atoms with Crippen molar-refractivity contribution >= 4 is 15.5 Å². The molecule has 1 atom stereocenters. The summed E-state index contributed by atoms with van der Waals surface area (Å²) in [6.07, 6.45) is 5.74. The van der Waals surface area contributed by atoms with Crippen LogP contribution in [0.4, 0.5) is 0 Å². The zero-order valence-electron chi connectivity index (χ0n) is 5.83. The standard InChI is InChI=1S/C7H12NP/c1-7(4-6-9)3-5-8-2/h3-6H,9H2,1-2H3/b6-4+,7-3-,8-5-. The van der Waals surface area contributed by atoms with E-state index in [1.165, 1.54) is 5.57 Å². The van der Waals surface area contributed by atoms with Crippen LogP contribution in [0, 0.1) is 0 Å². The number of nitrogens with zero attached hydrogens (tertiary/aromatic N) is 1. The normalized spacial score (nSPS) is 13.9. The molecule has 0 bridgehead atoms. The number of rotatable bonds is 2. The van der Waals surface area contributed by atoms with Crippen LogP contribution in [0.25, 0.3) is 0 Å². The molecule has 0 saturated heterocycles. The van der Waals surface area contributed by atoms with Gasteiger partial charge in [0.15, 0.2) is 0 Å². The molecule has 0 N–H and O–H groups in total. The van der Waals surface area contributed by atoms with E-state index in [4.69, 9.17) is 0 Å². The van der Waals surface area contributed by atoms with Crippen LogP contribution in [0.5, 0.6) is 0 Å². The summed E-state index contributed by atoms with van der Waals surface area (Å²) in [6, 6.07) is 0. The largest absolute Gasteiger partial charge is 0.297 e. The van der Waals surface area contributed by atoms with Crippen LogP contribution in [0.2, 0.25) is 0 Å². The molecule has 1 nitrogen and oxygen atoms in total. The predicted octanol–water partition coefficient (Wildman–Crippen LogP) is 2.02. The highest BCUT2D eigenvalue weighted by Crippen LogP contribution is 1.95. The van der Waals surface area contributed by atoms with E-state index in [1.807, 2.05) is 24.9 Å². The molecule has 50 valence electrons. The van der Waals surface area contributed by atoms with Gasteiger partial charge in [-0.2, -0.15) is 0 Å². The van der Waals surface area contributed by atoms with Crippen LogP contribution >= 0.6 is 9.24 Å². The van der Waals surface area contributed by atoms with Crippen molar-refractivity contribution in [3.63, 3.8) is 0 Å². The Balaban J connectivity index is 3.84. The first-order valence-corrected chi connectivity index (χ1v) is 3.45. The fourth-order valence-corrected chi connectivity index (χ4v) is 0.703. The van der Waals surface area contributed by atoms with Gasteiger partial charge in [0.05, 0.1) is 0 Å². The Hall–Kier alpha value is -0.420. The fraction of sp³-hybridized carbons (Fsp3) is 0.286. The van der Waals surface area contributed by atoms with Crippen LogP contribution < -0.4 is 0 Å². The van der Waals surface area contributed by atoms with Gasteiger partial charge in [0.1, 0.15) is 0 Å². The summed E-state index contributed by atoms with van der Waals surface area (Å²) in [5.41, 5.74) is 1.20. The molecule has 0 saturated carbocycles. The van der Waals surface area contributed by atoms with Crippen molar-refractivity contribution in [2.75, 3.05) is 7.05 Å². The highest BCUT2D eigenvalue weighted by molar-refractivity contribution is 7.20. The maximum atomic E-state index is 3.82. The molecule has 0 rings (SSSR count). The second-order valence-corrected chi connectivity index (χ2v) is 2.06. The molecule has 0 aliphatic heterocycles. The van der Waals surface area contributed by atoms with E-state index in [0.29, 0.717) is 0 Å². The highest BCUT2D eigenvalue weighted by Gasteiger charge is 1.73. The topological polar surface area (TPSA) is 12.4 Å². The molecule has 9 heavy (non-hydrogen) atoms. The van der Waals surface area contributed by atoms with Crippen LogP contribution in [-0.2, 0) is 0 Å². The minimum atomic E-state index is 1.20. The number of hydrogen-bond donors (Lipinski definition) is 0. The molecule has 0 fully saturated rings. The van der Waals surface area contributed by atoms with Crippen LogP contribution in [-0.4, -0.2) is 13.3 Å². The molecule has 0 radical (unpaired) electrons. The lowest BCUT2D eigenvalue weighted by Gasteiger charge is -1.83. The summed E-state index contributed by atoms with van der Waals surface area (Å²) in [4.78, 5) is 3.82. The van der Waals surface area contributed by atoms with E-state index in [1.54, 1.807) is 13.3 Å². The molecule has 0 aliphatic rings. The predicted molar refractivity (Wildman–Crippen MR) is 47.0 cm³/mol. The SMILES string of the molecule is C\N=C/C=C(C)\C=C\P. The summed E-state index contributed by atoms with van der Waals surface area (Å²) in [5.74, 6) is 1.93. The molecular formula is C7H12NP. The Morgan fingerprint density at radius 2 is 2.22 bits per heavy atom. The van der Waals surface area contributed by atoms with Gasteiger partial charge in [-0.15, -0.1) is 9.24 Å². The molecule has 0 aliphatic carbocycles. The van der Waals surface area contributed by atoms with Gasteiger partial charge in [-0.05, 0) is 18.6 Å². The molecular weight excluding hydrogens is 129 g/mol. The van der Waals surface area contributed by atoms with Gasteiger partial charge >= 0.3 is 0 Å². The van der Waals surface area contributed by atoms with Crippen molar-refractivity contribution < 1.29 is 0 Å². The third kappa shape index (κ3) is 5.45. The lowest BCUT2D eigenvalue weighted by Crippen LogP contribution is -1.68. The van der Waals surface area contributed by atoms with Crippen molar-refractivity contribution in [2.45, 2.75) is 6.92 Å². The van der Waals surface area contributed by atoms with Gasteiger partial charge in [0.2, 0.25) is 0 Å². The Morgan fingerprint density at radius 3 is 2.67 bits per heavy atom.